The van der Waals surface area contributed by atoms with Crippen LogP contribution in [0.15, 0.2) is 72.6 Å². The van der Waals surface area contributed by atoms with Gasteiger partial charge in [-0.25, -0.2) is 4.39 Å². The van der Waals surface area contributed by atoms with Crippen molar-refractivity contribution in [2.75, 3.05) is 13.7 Å². The number of ketones is 1. The van der Waals surface area contributed by atoms with Gasteiger partial charge in [-0.3, -0.25) is 14.6 Å². The highest BCUT2D eigenvalue weighted by Crippen LogP contribution is 2.40. The third-order valence-electron chi connectivity index (χ3n) is 5.78. The van der Waals surface area contributed by atoms with Gasteiger partial charge < -0.3 is 14.7 Å². The van der Waals surface area contributed by atoms with Gasteiger partial charge in [0.05, 0.1) is 18.7 Å². The molecule has 0 spiro atoms. The number of carbonyl (C=O) groups is 2. The molecule has 1 saturated heterocycles. The molecule has 7 heteroatoms. The molecule has 2 aromatic carbocycles. The van der Waals surface area contributed by atoms with Gasteiger partial charge in [0.15, 0.2) is 0 Å². The first kappa shape index (κ1) is 22.2. The average Bonchev–Trinajstić information content (AvgIpc) is 3.08. The van der Waals surface area contributed by atoms with E-state index in [4.69, 9.17) is 4.74 Å². The average molecular weight is 446 g/mol. The number of amides is 1. The van der Waals surface area contributed by atoms with Crippen LogP contribution in [0.5, 0.6) is 5.75 Å². The first-order valence-electron chi connectivity index (χ1n) is 10.5. The molecular weight excluding hydrogens is 423 g/mol. The number of ether oxygens (including phenoxy) is 1. The monoisotopic (exact) mass is 446 g/mol. The maximum Gasteiger partial charge on any atom is 0.295 e. The number of aliphatic hydroxyl groups is 1. The fourth-order valence-electron chi connectivity index (χ4n) is 4.07. The van der Waals surface area contributed by atoms with Crippen molar-refractivity contribution < 1.29 is 23.8 Å². The van der Waals surface area contributed by atoms with Crippen LogP contribution in [0.25, 0.3) is 5.76 Å². The van der Waals surface area contributed by atoms with Crippen molar-refractivity contribution in [2.24, 2.45) is 0 Å². The van der Waals surface area contributed by atoms with E-state index < -0.39 is 17.7 Å². The summed E-state index contributed by atoms with van der Waals surface area (Å²) in [6, 6.07) is 13.8. The van der Waals surface area contributed by atoms with E-state index in [-0.39, 0.29) is 23.7 Å². The molecule has 3 aromatic rings. The second-order valence-corrected chi connectivity index (χ2v) is 7.84. The maximum absolute atomic E-state index is 13.2. The molecule has 0 aliphatic carbocycles. The lowest BCUT2D eigenvalue weighted by atomic mass is 9.94. The summed E-state index contributed by atoms with van der Waals surface area (Å²) in [5, 5.41) is 11.2. The van der Waals surface area contributed by atoms with Crippen LogP contribution in [0.4, 0.5) is 4.39 Å². The molecule has 4 rings (SSSR count). The quantitative estimate of drug-likeness (QED) is 0.349. The number of aryl methyl sites for hydroxylation is 1. The summed E-state index contributed by atoms with van der Waals surface area (Å²) >= 11 is 0. The van der Waals surface area contributed by atoms with Gasteiger partial charge in [-0.1, -0.05) is 18.2 Å². The van der Waals surface area contributed by atoms with Crippen LogP contribution in [-0.4, -0.2) is 40.3 Å². The molecule has 0 bridgehead atoms. The summed E-state index contributed by atoms with van der Waals surface area (Å²) in [7, 11) is 1.55. The summed E-state index contributed by atoms with van der Waals surface area (Å²) in [6.45, 7) is 2.01. The molecule has 1 aliphatic heterocycles. The summed E-state index contributed by atoms with van der Waals surface area (Å²) in [6.07, 6.45) is 3.60. The molecule has 168 valence electrons. The smallest absolute Gasteiger partial charge is 0.295 e. The summed E-state index contributed by atoms with van der Waals surface area (Å²) in [5.74, 6) is -1.42. The van der Waals surface area contributed by atoms with E-state index in [1.807, 2.05) is 0 Å². The molecule has 0 radical (unpaired) electrons. The lowest BCUT2D eigenvalue weighted by Crippen LogP contribution is -2.31. The molecular formula is C26H23FN2O4. The fraction of sp³-hybridized carbons (Fsp3) is 0.192. The highest BCUT2D eigenvalue weighted by Gasteiger charge is 2.46. The normalized spacial score (nSPS) is 17.4. The van der Waals surface area contributed by atoms with Gasteiger partial charge in [0, 0.05) is 24.5 Å². The minimum atomic E-state index is -0.791. The zero-order chi connectivity index (χ0) is 23.5. The Morgan fingerprint density at radius 3 is 2.55 bits per heavy atom. The number of nitrogens with zero attached hydrogens (tertiary/aromatic N) is 2. The van der Waals surface area contributed by atoms with Crippen molar-refractivity contribution >= 4 is 17.4 Å². The molecule has 1 atom stereocenters. The SMILES string of the molecule is COc1ccc(/C(O)=C2/C(=O)C(=O)N(CCc3ccc(F)cc3)C2c2cccnc2)c(C)c1. The van der Waals surface area contributed by atoms with Gasteiger partial charge in [-0.05, 0) is 66.4 Å². The number of halogens is 1. The molecule has 1 aromatic heterocycles. The van der Waals surface area contributed by atoms with E-state index in [1.165, 1.54) is 17.0 Å². The van der Waals surface area contributed by atoms with Gasteiger partial charge in [0.1, 0.15) is 17.3 Å². The number of aromatic nitrogens is 1. The first-order chi connectivity index (χ1) is 15.9. The van der Waals surface area contributed by atoms with E-state index >= 15 is 0 Å². The van der Waals surface area contributed by atoms with E-state index in [2.05, 4.69) is 4.98 Å². The number of methoxy groups -OCH3 is 1. The lowest BCUT2D eigenvalue weighted by molar-refractivity contribution is -0.139. The highest BCUT2D eigenvalue weighted by molar-refractivity contribution is 6.46. The molecule has 1 amide bonds. The minimum Gasteiger partial charge on any atom is -0.507 e. The lowest BCUT2D eigenvalue weighted by Gasteiger charge is -2.25. The minimum absolute atomic E-state index is 0.0142. The zero-order valence-electron chi connectivity index (χ0n) is 18.3. The standard InChI is InChI=1S/C26H23FN2O4/c1-16-14-20(33-2)9-10-21(16)24(30)22-23(18-4-3-12-28-15-18)29(26(32)25(22)31)13-11-17-5-7-19(27)8-6-17/h3-10,12,14-15,23,30H,11,13H2,1-2H3/b24-22-. The van der Waals surface area contributed by atoms with Gasteiger partial charge in [0.2, 0.25) is 0 Å². The number of carbonyl (C=O) groups excluding carboxylic acids is 2. The molecule has 1 fully saturated rings. The molecule has 1 aliphatic rings. The van der Waals surface area contributed by atoms with Crippen LogP contribution in [0.1, 0.15) is 28.3 Å². The van der Waals surface area contributed by atoms with Crippen LogP contribution in [0.3, 0.4) is 0 Å². The van der Waals surface area contributed by atoms with Crippen molar-refractivity contribution in [3.8, 4) is 5.75 Å². The van der Waals surface area contributed by atoms with E-state index in [9.17, 15) is 19.1 Å². The Kier molecular flexibility index (Phi) is 6.22. The third kappa shape index (κ3) is 4.35. The van der Waals surface area contributed by atoms with E-state index in [0.717, 1.165) is 5.56 Å². The summed E-state index contributed by atoms with van der Waals surface area (Å²) < 4.78 is 18.5. The molecule has 1 unspecified atom stereocenters. The Balaban J connectivity index is 1.77. The second-order valence-electron chi connectivity index (χ2n) is 7.84. The van der Waals surface area contributed by atoms with Gasteiger partial charge >= 0.3 is 0 Å². The third-order valence-corrected chi connectivity index (χ3v) is 5.78. The molecule has 6 nitrogen and oxygen atoms in total. The first-order valence-corrected chi connectivity index (χ1v) is 10.5. The molecule has 2 heterocycles. The van der Waals surface area contributed by atoms with Crippen LogP contribution in [-0.2, 0) is 16.0 Å². The Bertz CT molecular complexity index is 1220. The summed E-state index contributed by atoms with van der Waals surface area (Å²) in [5.41, 5.74) is 2.61. The number of hydrogen-bond donors (Lipinski definition) is 1. The number of pyridine rings is 1. The highest BCUT2D eigenvalue weighted by atomic mass is 19.1. The number of Topliss-reactive ketones (excluding diaryl/α,β-unsaturated/α-hetero) is 1. The van der Waals surface area contributed by atoms with Crippen LogP contribution >= 0.6 is 0 Å². The molecule has 33 heavy (non-hydrogen) atoms. The van der Waals surface area contributed by atoms with E-state index in [0.29, 0.717) is 28.9 Å². The van der Waals surface area contributed by atoms with Gasteiger partial charge in [-0.15, -0.1) is 0 Å². The molecule has 1 N–H and O–H groups in total. The largest absolute Gasteiger partial charge is 0.507 e. The predicted octanol–water partition coefficient (Wildman–Crippen LogP) is 4.20. The Labute approximate surface area is 191 Å². The van der Waals surface area contributed by atoms with Crippen molar-refractivity contribution in [1.82, 2.24) is 9.88 Å². The Hall–Kier alpha value is -4.00. The number of likely N-dealkylation sites (tertiary alicyclic amines) is 1. The number of aliphatic hydroxyl groups excluding tert-OH is 1. The van der Waals surface area contributed by atoms with Gasteiger partial charge in [0.25, 0.3) is 11.7 Å². The Morgan fingerprint density at radius 1 is 1.15 bits per heavy atom. The van der Waals surface area contributed by atoms with Gasteiger partial charge in [-0.2, -0.15) is 0 Å². The number of benzene rings is 2. The zero-order valence-corrected chi connectivity index (χ0v) is 18.3. The topological polar surface area (TPSA) is 79.7 Å². The van der Waals surface area contributed by atoms with Crippen molar-refractivity contribution in [3.05, 3.63) is 101 Å². The van der Waals surface area contributed by atoms with E-state index in [1.54, 1.807) is 68.9 Å². The summed E-state index contributed by atoms with van der Waals surface area (Å²) in [4.78, 5) is 31.7. The van der Waals surface area contributed by atoms with Crippen LogP contribution in [0, 0.1) is 12.7 Å². The Morgan fingerprint density at radius 2 is 1.91 bits per heavy atom. The van der Waals surface area contributed by atoms with Crippen molar-refractivity contribution in [2.45, 2.75) is 19.4 Å². The number of rotatable bonds is 6. The van der Waals surface area contributed by atoms with Crippen LogP contribution < -0.4 is 4.74 Å². The second kappa shape index (κ2) is 9.24. The van der Waals surface area contributed by atoms with Crippen LogP contribution in [0.2, 0.25) is 0 Å². The molecule has 0 saturated carbocycles. The maximum atomic E-state index is 13.2. The van der Waals surface area contributed by atoms with Crippen molar-refractivity contribution in [1.29, 1.82) is 0 Å². The number of hydrogen-bond acceptors (Lipinski definition) is 5. The fourth-order valence-corrected chi connectivity index (χ4v) is 4.07. The predicted molar refractivity (Wildman–Crippen MR) is 121 cm³/mol. The van der Waals surface area contributed by atoms with Crippen molar-refractivity contribution in [3.63, 3.8) is 0 Å².